The highest BCUT2D eigenvalue weighted by atomic mass is 16.5. The fourth-order valence-corrected chi connectivity index (χ4v) is 8.54. The Balaban J connectivity index is 1.56. The van der Waals surface area contributed by atoms with Crippen LogP contribution in [0.5, 0.6) is 0 Å². The molecule has 0 amide bonds. The van der Waals surface area contributed by atoms with Crippen molar-refractivity contribution in [2.75, 3.05) is 28.4 Å². The number of furan rings is 6. The second-order valence-electron chi connectivity index (χ2n) is 19.4. The van der Waals surface area contributed by atoms with Crippen molar-refractivity contribution in [2.45, 2.75) is 116 Å². The summed E-state index contributed by atoms with van der Waals surface area (Å²) >= 11 is 0. The van der Waals surface area contributed by atoms with Gasteiger partial charge < -0.3 is 45.5 Å². The van der Waals surface area contributed by atoms with E-state index in [1.54, 1.807) is 52.0 Å². The first-order valence-corrected chi connectivity index (χ1v) is 20.9. The Hall–Kier alpha value is -6.44. The Labute approximate surface area is 371 Å². The number of hydrogen-bond acceptors (Lipinski definition) is 14. The summed E-state index contributed by atoms with van der Waals surface area (Å²) in [5, 5.41) is 0. The van der Waals surface area contributed by atoms with Gasteiger partial charge in [-0.2, -0.15) is 0 Å². The highest BCUT2D eigenvalue weighted by Gasteiger charge is 2.49. The van der Waals surface area contributed by atoms with Gasteiger partial charge in [0.25, 0.3) is 0 Å². The summed E-state index contributed by atoms with van der Waals surface area (Å²) < 4.78 is 61.2. The van der Waals surface area contributed by atoms with Crippen LogP contribution in [0.3, 0.4) is 0 Å². The van der Waals surface area contributed by atoms with Crippen LogP contribution in [0.15, 0.2) is 75.0 Å². The van der Waals surface area contributed by atoms with Crippen LogP contribution in [0.25, 0.3) is 0 Å². The Morgan fingerprint density at radius 2 is 0.453 bits per heavy atom. The summed E-state index contributed by atoms with van der Waals surface area (Å²) in [5.41, 5.74) is -7.13. The number of carbonyl (C=O) groups is 4. The molecule has 0 atom stereocenters. The van der Waals surface area contributed by atoms with Gasteiger partial charge >= 0.3 is 23.9 Å². The molecule has 7 heterocycles. The molecule has 0 spiro atoms. The minimum Gasteiger partial charge on any atom is -0.465 e. The van der Waals surface area contributed by atoms with E-state index in [0.717, 1.165) is 0 Å². The van der Waals surface area contributed by atoms with E-state index in [4.69, 9.17) is 45.5 Å². The van der Waals surface area contributed by atoms with Crippen molar-refractivity contribution in [3.63, 3.8) is 0 Å². The molecule has 0 aromatic carbocycles. The van der Waals surface area contributed by atoms with E-state index in [1.807, 2.05) is 79.7 Å². The van der Waals surface area contributed by atoms with Crippen LogP contribution in [0, 0.1) is 0 Å². The van der Waals surface area contributed by atoms with E-state index in [2.05, 4.69) is 0 Å². The fourth-order valence-electron chi connectivity index (χ4n) is 8.54. The minimum atomic E-state index is -1.28. The van der Waals surface area contributed by atoms with Gasteiger partial charge in [-0.15, -0.1) is 0 Å². The predicted molar refractivity (Wildman–Crippen MR) is 230 cm³/mol. The Morgan fingerprint density at radius 3 is 0.609 bits per heavy atom. The lowest BCUT2D eigenvalue weighted by Crippen LogP contribution is -2.24. The van der Waals surface area contributed by atoms with Gasteiger partial charge in [-0.3, -0.25) is 0 Å². The van der Waals surface area contributed by atoms with Gasteiger partial charge in [-0.1, -0.05) is 0 Å². The monoisotopic (exact) mass is 880 g/mol. The molecule has 340 valence electrons. The highest BCUT2D eigenvalue weighted by Crippen LogP contribution is 2.50. The summed E-state index contributed by atoms with van der Waals surface area (Å²) in [6, 6.07) is 14.5. The van der Waals surface area contributed by atoms with Crippen LogP contribution in [0.2, 0.25) is 0 Å². The van der Waals surface area contributed by atoms with Crippen LogP contribution in [-0.2, 0) is 51.4 Å². The van der Waals surface area contributed by atoms with E-state index in [0.29, 0.717) is 46.1 Å². The van der Waals surface area contributed by atoms with Gasteiger partial charge in [0.15, 0.2) is 0 Å². The molecule has 14 nitrogen and oxygen atoms in total. The average molecular weight is 881 g/mol. The van der Waals surface area contributed by atoms with Crippen LogP contribution < -0.4 is 0 Å². The quantitative estimate of drug-likeness (QED) is 0.120. The lowest BCUT2D eigenvalue weighted by atomic mass is 9.82. The molecule has 1 aliphatic heterocycles. The number of ether oxygens (including phenoxy) is 4. The number of hydrogen-bond donors (Lipinski definition) is 0. The average Bonchev–Trinajstić information content (AvgIpc) is 4.10. The summed E-state index contributed by atoms with van der Waals surface area (Å²) in [6.45, 7) is 22.2. The van der Waals surface area contributed by atoms with E-state index in [9.17, 15) is 19.2 Å². The highest BCUT2D eigenvalue weighted by molar-refractivity contribution is 6.06. The van der Waals surface area contributed by atoms with Gasteiger partial charge in [0.1, 0.15) is 91.4 Å². The second-order valence-corrected chi connectivity index (χ2v) is 19.4. The van der Waals surface area contributed by atoms with E-state index in [1.165, 1.54) is 28.4 Å². The topological polar surface area (TPSA) is 184 Å². The lowest BCUT2D eigenvalue weighted by molar-refractivity contribution is 0.0553. The summed E-state index contributed by atoms with van der Waals surface area (Å²) in [6.07, 6.45) is 0. The van der Waals surface area contributed by atoms with Crippen molar-refractivity contribution >= 4 is 23.9 Å². The molecule has 6 aromatic heterocycles. The first-order valence-electron chi connectivity index (χ1n) is 20.9. The third-order valence-electron chi connectivity index (χ3n) is 13.0. The SMILES string of the molecule is COC(=O)c1c2oc(c1C(=O)OC)C(C)(C)c1ccc(o1)C(C)(C)c1oc(c(C(=O)OC)c1C(=O)OC)C(C)(C)c1ccc(o1)C(C)(C)c1ccc(o1)C(C)(C)c1ccc(o1)C2(C)C. The first-order chi connectivity index (χ1) is 29.7. The lowest BCUT2D eigenvalue weighted by Gasteiger charge is -2.25. The number of esters is 4. The van der Waals surface area contributed by atoms with Crippen molar-refractivity contribution in [3.8, 4) is 0 Å². The Bertz CT molecular complexity index is 2620. The molecule has 12 bridgehead atoms. The molecule has 6 aromatic rings. The normalized spacial score (nSPS) is 17.8. The predicted octanol–water partition coefficient (Wildman–Crippen LogP) is 10.7. The van der Waals surface area contributed by atoms with Gasteiger partial charge in [0.05, 0.1) is 60.9 Å². The first kappa shape index (κ1) is 45.6. The number of fused-ring (bicyclic) bond motifs is 12. The van der Waals surface area contributed by atoms with Crippen LogP contribution in [0.4, 0.5) is 0 Å². The van der Waals surface area contributed by atoms with Crippen molar-refractivity contribution in [3.05, 3.63) is 140 Å². The number of methoxy groups -OCH3 is 4. The van der Waals surface area contributed by atoms with Crippen LogP contribution in [0.1, 0.15) is 194 Å². The molecule has 64 heavy (non-hydrogen) atoms. The van der Waals surface area contributed by atoms with Gasteiger partial charge in [0.2, 0.25) is 0 Å². The zero-order valence-corrected chi connectivity index (χ0v) is 39.3. The zero-order valence-electron chi connectivity index (χ0n) is 39.3. The molecule has 0 aliphatic carbocycles. The van der Waals surface area contributed by atoms with E-state index >= 15 is 0 Å². The van der Waals surface area contributed by atoms with Crippen molar-refractivity contribution in [1.82, 2.24) is 0 Å². The third-order valence-corrected chi connectivity index (χ3v) is 13.0. The van der Waals surface area contributed by atoms with E-state index < -0.39 is 56.4 Å². The minimum absolute atomic E-state index is 0.0527. The smallest absolute Gasteiger partial charge is 0.342 e. The summed E-state index contributed by atoms with van der Waals surface area (Å²) in [4.78, 5) is 55.5. The molecular weight excluding hydrogens is 825 g/mol. The molecule has 7 rings (SSSR count). The number of carbonyl (C=O) groups excluding carboxylic acids is 4. The number of rotatable bonds is 4. The maximum atomic E-state index is 13.9. The maximum Gasteiger partial charge on any atom is 0.342 e. The Morgan fingerprint density at radius 1 is 0.297 bits per heavy atom. The van der Waals surface area contributed by atoms with Gasteiger partial charge in [-0.25, -0.2) is 19.2 Å². The fraction of sp³-hybridized carbons (Fsp3) is 0.440. The van der Waals surface area contributed by atoms with E-state index in [-0.39, 0.29) is 45.3 Å². The van der Waals surface area contributed by atoms with Gasteiger partial charge in [0, 0.05) is 0 Å². The Kier molecular flexibility index (Phi) is 10.7. The maximum absolute atomic E-state index is 13.9. The standard InChI is InChI=1S/C50H56O14/c1-45(2)25-17-18-26(59-25)46(3,4)28-20-22-30(61-28)48(7,8)38-34(42(52)56-14)36(44(54)58-16)40(64-38)50(11,12)32-24-23-31(62-32)49(9,10)39-35(43(53)57-15)33(41(51)55-13)37(63-39)47(5,6)29-21-19-27(45)60-29/h17-24H,1-16H3. The molecule has 0 radical (unpaired) electrons. The van der Waals surface area contributed by atoms with Gasteiger partial charge in [-0.05, 0) is 132 Å². The molecule has 0 N–H and O–H groups in total. The molecule has 0 saturated heterocycles. The molecule has 0 unspecified atom stereocenters. The molecule has 14 heteroatoms. The molecular formula is C50H56O14. The van der Waals surface area contributed by atoms with Crippen molar-refractivity contribution in [1.29, 1.82) is 0 Å². The second kappa shape index (κ2) is 15.1. The zero-order chi connectivity index (χ0) is 47.3. The molecule has 1 aliphatic rings. The molecule has 0 saturated carbocycles. The third kappa shape index (κ3) is 6.66. The molecule has 0 fully saturated rings. The van der Waals surface area contributed by atoms with Crippen molar-refractivity contribution < 1.29 is 64.6 Å². The van der Waals surface area contributed by atoms with Crippen LogP contribution in [-0.4, -0.2) is 52.3 Å². The van der Waals surface area contributed by atoms with Crippen LogP contribution >= 0.6 is 0 Å². The largest absolute Gasteiger partial charge is 0.465 e. The summed E-state index contributed by atoms with van der Waals surface area (Å²) in [7, 11) is 4.85. The van der Waals surface area contributed by atoms with Crippen molar-refractivity contribution in [2.24, 2.45) is 0 Å². The summed E-state index contributed by atoms with van der Waals surface area (Å²) in [5.74, 6) is 0.704.